The number of carbonyl (C=O) groups is 1. The predicted octanol–water partition coefficient (Wildman–Crippen LogP) is 4.29. The maximum atomic E-state index is 12.1. The van der Waals surface area contributed by atoms with Gasteiger partial charge in [-0.15, -0.1) is 11.3 Å². The van der Waals surface area contributed by atoms with Gasteiger partial charge >= 0.3 is 0 Å². The third kappa shape index (κ3) is 2.90. The van der Waals surface area contributed by atoms with Crippen molar-refractivity contribution < 1.29 is 4.79 Å². The summed E-state index contributed by atoms with van der Waals surface area (Å²) < 4.78 is 0. The van der Waals surface area contributed by atoms with E-state index in [4.69, 9.17) is 0 Å². The van der Waals surface area contributed by atoms with Crippen LogP contribution < -0.4 is 5.32 Å². The monoisotopic (exact) mass is 320 g/mol. The zero-order valence-corrected chi connectivity index (χ0v) is 13.4. The van der Waals surface area contributed by atoms with E-state index in [0.717, 1.165) is 18.5 Å². The molecule has 0 bridgehead atoms. The van der Waals surface area contributed by atoms with Crippen LogP contribution in [-0.2, 0) is 17.6 Å². The lowest BCUT2D eigenvalue weighted by Gasteiger charge is -2.03. The number of nitrogens with one attached hydrogen (secondary N) is 1. The van der Waals surface area contributed by atoms with Gasteiger partial charge in [0.05, 0.1) is 5.69 Å². The molecule has 2 aromatic carbocycles. The molecule has 0 saturated heterocycles. The Labute approximate surface area is 139 Å². The highest BCUT2D eigenvalue weighted by molar-refractivity contribution is 7.16. The van der Waals surface area contributed by atoms with Gasteiger partial charge < -0.3 is 5.32 Å². The van der Waals surface area contributed by atoms with Crippen LogP contribution in [0.1, 0.15) is 22.4 Å². The van der Waals surface area contributed by atoms with Gasteiger partial charge in [0, 0.05) is 23.3 Å². The maximum absolute atomic E-state index is 12.1. The summed E-state index contributed by atoms with van der Waals surface area (Å²) in [5, 5.41) is 3.65. The summed E-state index contributed by atoms with van der Waals surface area (Å²) in [6, 6.07) is 18.4. The number of anilines is 1. The molecule has 23 heavy (non-hydrogen) atoms. The van der Waals surface area contributed by atoms with Gasteiger partial charge in [0.15, 0.2) is 5.13 Å². The molecule has 0 unspecified atom stereocenters. The fraction of sp³-hybridized carbons (Fsp3) is 0.158. The average Bonchev–Trinajstić information content (AvgIpc) is 3.11. The fourth-order valence-electron chi connectivity index (χ4n) is 2.90. The highest BCUT2D eigenvalue weighted by Gasteiger charge is 2.23. The Kier molecular flexibility index (Phi) is 3.67. The van der Waals surface area contributed by atoms with E-state index in [9.17, 15) is 4.79 Å². The summed E-state index contributed by atoms with van der Waals surface area (Å²) in [6.45, 7) is 0. The highest BCUT2D eigenvalue weighted by Crippen LogP contribution is 2.40. The van der Waals surface area contributed by atoms with Crippen LogP contribution in [0, 0.1) is 0 Å². The minimum absolute atomic E-state index is 0.0227. The molecule has 1 amide bonds. The number of amides is 1. The molecule has 4 heteroatoms. The number of aromatic nitrogens is 1. The molecular formula is C19H16N2OS. The Balaban J connectivity index is 1.42. The zero-order valence-electron chi connectivity index (χ0n) is 12.6. The van der Waals surface area contributed by atoms with E-state index in [2.05, 4.69) is 28.5 Å². The summed E-state index contributed by atoms with van der Waals surface area (Å²) >= 11 is 1.59. The van der Waals surface area contributed by atoms with Crippen molar-refractivity contribution in [2.24, 2.45) is 0 Å². The van der Waals surface area contributed by atoms with Crippen LogP contribution in [0.15, 0.2) is 54.6 Å². The van der Waals surface area contributed by atoms with Crippen LogP contribution >= 0.6 is 11.3 Å². The van der Waals surface area contributed by atoms with Crippen molar-refractivity contribution in [3.63, 3.8) is 0 Å². The molecule has 1 aliphatic carbocycles. The molecule has 0 aliphatic heterocycles. The standard InChI is InChI=1S/C19H16N2OS/c22-17(11-10-13-6-2-1-3-7-13)20-19-21-18-15-9-5-4-8-14(15)12-16(18)23-19/h1-9H,10-12H2,(H,20,21,22). The molecule has 3 aromatic rings. The lowest BCUT2D eigenvalue weighted by Crippen LogP contribution is -2.12. The largest absolute Gasteiger partial charge is 0.302 e. The molecule has 0 fully saturated rings. The van der Waals surface area contributed by atoms with Crippen molar-refractivity contribution in [2.45, 2.75) is 19.3 Å². The first-order valence-electron chi connectivity index (χ1n) is 7.71. The van der Waals surface area contributed by atoms with E-state index in [1.165, 1.54) is 21.6 Å². The number of rotatable bonds is 4. The van der Waals surface area contributed by atoms with Crippen LogP contribution in [0.5, 0.6) is 0 Å². The van der Waals surface area contributed by atoms with Crippen molar-refractivity contribution in [1.29, 1.82) is 0 Å². The van der Waals surface area contributed by atoms with Crippen molar-refractivity contribution in [3.05, 3.63) is 70.6 Å². The van der Waals surface area contributed by atoms with Gasteiger partial charge in [-0.1, -0.05) is 54.6 Å². The van der Waals surface area contributed by atoms with Gasteiger partial charge in [-0.3, -0.25) is 4.79 Å². The third-order valence-corrected chi connectivity index (χ3v) is 5.02. The van der Waals surface area contributed by atoms with E-state index in [1.54, 1.807) is 11.3 Å². The maximum Gasteiger partial charge on any atom is 0.226 e. The number of carbonyl (C=O) groups excluding carboxylic acids is 1. The molecule has 1 aliphatic rings. The summed E-state index contributed by atoms with van der Waals surface area (Å²) in [5.74, 6) is 0.0227. The van der Waals surface area contributed by atoms with Gasteiger partial charge in [-0.25, -0.2) is 4.98 Å². The normalized spacial score (nSPS) is 11.8. The van der Waals surface area contributed by atoms with Gasteiger partial charge in [-0.2, -0.15) is 0 Å². The molecule has 1 N–H and O–H groups in total. The molecule has 0 radical (unpaired) electrons. The van der Waals surface area contributed by atoms with E-state index < -0.39 is 0 Å². The molecule has 4 rings (SSSR count). The smallest absolute Gasteiger partial charge is 0.226 e. The van der Waals surface area contributed by atoms with E-state index in [-0.39, 0.29) is 5.91 Å². The molecular weight excluding hydrogens is 304 g/mol. The highest BCUT2D eigenvalue weighted by atomic mass is 32.1. The number of hydrogen-bond acceptors (Lipinski definition) is 3. The summed E-state index contributed by atoms with van der Waals surface area (Å²) in [7, 11) is 0. The topological polar surface area (TPSA) is 42.0 Å². The second-order valence-corrected chi connectivity index (χ2v) is 6.74. The van der Waals surface area contributed by atoms with Crippen molar-refractivity contribution in [1.82, 2.24) is 4.98 Å². The van der Waals surface area contributed by atoms with E-state index in [1.807, 2.05) is 36.4 Å². The lowest BCUT2D eigenvalue weighted by atomic mass is 10.1. The number of hydrogen-bond donors (Lipinski definition) is 1. The first-order valence-corrected chi connectivity index (χ1v) is 8.53. The lowest BCUT2D eigenvalue weighted by molar-refractivity contribution is -0.116. The van der Waals surface area contributed by atoms with Gasteiger partial charge in [0.2, 0.25) is 5.91 Å². The minimum Gasteiger partial charge on any atom is -0.302 e. The quantitative estimate of drug-likeness (QED) is 0.609. The van der Waals surface area contributed by atoms with Crippen LogP contribution in [-0.4, -0.2) is 10.9 Å². The Morgan fingerprint density at radius 1 is 1.09 bits per heavy atom. The third-order valence-electron chi connectivity index (χ3n) is 4.05. The molecule has 0 atom stereocenters. The molecule has 114 valence electrons. The number of benzene rings is 2. The first kappa shape index (κ1) is 14.2. The molecule has 1 heterocycles. The van der Waals surface area contributed by atoms with Crippen molar-refractivity contribution in [2.75, 3.05) is 5.32 Å². The van der Waals surface area contributed by atoms with Crippen LogP contribution in [0.4, 0.5) is 5.13 Å². The second kappa shape index (κ2) is 5.97. The Bertz CT molecular complexity index is 855. The summed E-state index contributed by atoms with van der Waals surface area (Å²) in [6.07, 6.45) is 2.15. The number of fused-ring (bicyclic) bond motifs is 3. The van der Waals surface area contributed by atoms with Gasteiger partial charge in [0.25, 0.3) is 0 Å². The van der Waals surface area contributed by atoms with Crippen LogP contribution in [0.3, 0.4) is 0 Å². The Hall–Kier alpha value is -2.46. The van der Waals surface area contributed by atoms with Crippen molar-refractivity contribution in [3.8, 4) is 11.3 Å². The minimum atomic E-state index is 0.0227. The number of thiazole rings is 1. The molecule has 0 saturated carbocycles. The fourth-order valence-corrected chi connectivity index (χ4v) is 3.91. The predicted molar refractivity (Wildman–Crippen MR) is 93.7 cm³/mol. The van der Waals surface area contributed by atoms with Gasteiger partial charge in [0.1, 0.15) is 0 Å². The first-order chi connectivity index (χ1) is 11.3. The zero-order chi connectivity index (χ0) is 15.6. The van der Waals surface area contributed by atoms with Gasteiger partial charge in [-0.05, 0) is 17.5 Å². The molecule has 1 aromatic heterocycles. The summed E-state index contributed by atoms with van der Waals surface area (Å²) in [5.41, 5.74) is 4.73. The Morgan fingerprint density at radius 3 is 2.74 bits per heavy atom. The molecule has 3 nitrogen and oxygen atoms in total. The Morgan fingerprint density at radius 2 is 1.87 bits per heavy atom. The van der Waals surface area contributed by atoms with Crippen LogP contribution in [0.25, 0.3) is 11.3 Å². The molecule has 0 spiro atoms. The number of aryl methyl sites for hydroxylation is 1. The average molecular weight is 320 g/mol. The van der Waals surface area contributed by atoms with E-state index in [0.29, 0.717) is 11.6 Å². The summed E-state index contributed by atoms with van der Waals surface area (Å²) in [4.78, 5) is 18.0. The second-order valence-electron chi connectivity index (χ2n) is 5.66. The van der Waals surface area contributed by atoms with E-state index >= 15 is 0 Å². The SMILES string of the molecule is O=C(CCc1ccccc1)Nc1nc2c(s1)Cc1ccccc1-2. The number of nitrogens with zero attached hydrogens (tertiary/aromatic N) is 1. The van der Waals surface area contributed by atoms with Crippen molar-refractivity contribution >= 4 is 22.4 Å². The van der Waals surface area contributed by atoms with Crippen LogP contribution in [0.2, 0.25) is 0 Å².